The van der Waals surface area contributed by atoms with Gasteiger partial charge in [-0.25, -0.2) is 0 Å². The molecule has 0 heterocycles. The minimum Gasteiger partial charge on any atom is -0.393 e. The minimum absolute atomic E-state index is 0.204. The van der Waals surface area contributed by atoms with Crippen LogP contribution in [0.1, 0.15) is 42.5 Å². The Morgan fingerprint density at radius 3 is 2.28 bits per heavy atom. The Kier molecular flexibility index (Phi) is 5.83. The van der Waals surface area contributed by atoms with E-state index in [9.17, 15) is 5.11 Å². The van der Waals surface area contributed by atoms with Crippen molar-refractivity contribution in [3.8, 4) is 0 Å². The lowest BCUT2D eigenvalue weighted by Gasteiger charge is -2.15. The molecule has 1 aromatic carbocycles. The van der Waals surface area contributed by atoms with E-state index in [1.807, 2.05) is 6.92 Å². The molecule has 18 heavy (non-hydrogen) atoms. The molecule has 2 N–H and O–H groups in total. The van der Waals surface area contributed by atoms with Crippen molar-refractivity contribution in [2.75, 3.05) is 6.54 Å². The van der Waals surface area contributed by atoms with Crippen molar-refractivity contribution in [1.29, 1.82) is 0 Å². The summed E-state index contributed by atoms with van der Waals surface area (Å²) >= 11 is 0. The summed E-state index contributed by atoms with van der Waals surface area (Å²) in [6, 6.07) is 4.53. The molecule has 0 aliphatic heterocycles. The Balaban J connectivity index is 2.47. The first-order chi connectivity index (χ1) is 8.40. The van der Waals surface area contributed by atoms with Crippen LogP contribution in [0, 0.1) is 26.7 Å². The highest BCUT2D eigenvalue weighted by Crippen LogP contribution is 2.15. The molecule has 1 aromatic rings. The maximum atomic E-state index is 9.32. The molecule has 2 atom stereocenters. The van der Waals surface area contributed by atoms with Crippen LogP contribution in [0.5, 0.6) is 0 Å². The standard InChI is InChI=1S/C16H27NO/c1-11(6-15(5)18)9-17-10-16-8-13(3)12(2)7-14(16)4/h7-8,11,15,17-18H,6,9-10H2,1-5H3. The number of aliphatic hydroxyl groups excluding tert-OH is 1. The number of rotatable bonds is 6. The summed E-state index contributed by atoms with van der Waals surface area (Å²) in [5, 5.41) is 12.8. The van der Waals surface area contributed by atoms with Crippen LogP contribution in [0.2, 0.25) is 0 Å². The Morgan fingerprint density at radius 1 is 1.06 bits per heavy atom. The van der Waals surface area contributed by atoms with Crippen LogP contribution in [-0.4, -0.2) is 17.8 Å². The lowest BCUT2D eigenvalue weighted by Crippen LogP contribution is -2.23. The maximum absolute atomic E-state index is 9.32. The summed E-state index contributed by atoms with van der Waals surface area (Å²) in [5.74, 6) is 0.511. The van der Waals surface area contributed by atoms with Gasteiger partial charge < -0.3 is 10.4 Å². The third-order valence-corrected chi connectivity index (χ3v) is 3.50. The molecule has 0 spiro atoms. The smallest absolute Gasteiger partial charge is 0.0515 e. The van der Waals surface area contributed by atoms with Gasteiger partial charge in [0.15, 0.2) is 0 Å². The molecule has 0 aromatic heterocycles. The van der Waals surface area contributed by atoms with Crippen LogP contribution in [0.3, 0.4) is 0 Å². The largest absolute Gasteiger partial charge is 0.393 e. The van der Waals surface area contributed by atoms with E-state index in [-0.39, 0.29) is 6.10 Å². The lowest BCUT2D eigenvalue weighted by molar-refractivity contribution is 0.163. The van der Waals surface area contributed by atoms with Gasteiger partial charge in [0.05, 0.1) is 6.10 Å². The van der Waals surface area contributed by atoms with E-state index in [1.54, 1.807) is 0 Å². The first kappa shape index (κ1) is 15.2. The first-order valence-corrected chi connectivity index (χ1v) is 6.85. The number of aryl methyl sites for hydroxylation is 3. The molecule has 1 rings (SSSR count). The van der Waals surface area contributed by atoms with Crippen LogP contribution in [0.15, 0.2) is 12.1 Å². The topological polar surface area (TPSA) is 32.3 Å². The molecule has 2 unspecified atom stereocenters. The Morgan fingerprint density at radius 2 is 1.67 bits per heavy atom. The SMILES string of the molecule is Cc1cc(C)c(CNCC(C)CC(C)O)cc1C. The number of benzene rings is 1. The zero-order valence-corrected chi connectivity index (χ0v) is 12.4. The molecule has 0 fully saturated rings. The van der Waals surface area contributed by atoms with Crippen molar-refractivity contribution >= 4 is 0 Å². The van der Waals surface area contributed by atoms with Crippen molar-refractivity contribution in [3.05, 3.63) is 34.4 Å². The molecule has 0 aliphatic carbocycles. The van der Waals surface area contributed by atoms with Gasteiger partial charge in [0, 0.05) is 6.54 Å². The predicted octanol–water partition coefficient (Wildman–Crippen LogP) is 3.11. The summed E-state index contributed by atoms with van der Waals surface area (Å²) in [6.45, 7) is 12.4. The third kappa shape index (κ3) is 4.79. The van der Waals surface area contributed by atoms with E-state index in [1.165, 1.54) is 22.3 Å². The number of aliphatic hydroxyl groups is 1. The summed E-state index contributed by atoms with van der Waals surface area (Å²) in [7, 11) is 0. The molecule has 0 amide bonds. The molecular weight excluding hydrogens is 222 g/mol. The van der Waals surface area contributed by atoms with Crippen molar-refractivity contribution in [1.82, 2.24) is 5.32 Å². The van der Waals surface area contributed by atoms with Crippen LogP contribution < -0.4 is 5.32 Å². The Labute approximate surface area is 111 Å². The van der Waals surface area contributed by atoms with Crippen molar-refractivity contribution in [3.63, 3.8) is 0 Å². The Bertz CT molecular complexity index is 385. The van der Waals surface area contributed by atoms with Gasteiger partial charge in [0.25, 0.3) is 0 Å². The molecule has 0 radical (unpaired) electrons. The van der Waals surface area contributed by atoms with Crippen LogP contribution in [0.4, 0.5) is 0 Å². The van der Waals surface area contributed by atoms with Gasteiger partial charge in [-0.2, -0.15) is 0 Å². The van der Waals surface area contributed by atoms with Crippen molar-refractivity contribution in [2.24, 2.45) is 5.92 Å². The molecular formula is C16H27NO. The number of hydrogen-bond acceptors (Lipinski definition) is 2. The molecule has 0 saturated heterocycles. The van der Waals surface area contributed by atoms with E-state index < -0.39 is 0 Å². The van der Waals surface area contributed by atoms with E-state index in [0.717, 1.165) is 19.5 Å². The van der Waals surface area contributed by atoms with Crippen LogP contribution >= 0.6 is 0 Å². The summed E-state index contributed by atoms with van der Waals surface area (Å²) in [4.78, 5) is 0. The summed E-state index contributed by atoms with van der Waals surface area (Å²) < 4.78 is 0. The number of hydrogen-bond donors (Lipinski definition) is 2. The predicted molar refractivity (Wildman–Crippen MR) is 77.8 cm³/mol. The van der Waals surface area contributed by atoms with Crippen molar-refractivity contribution in [2.45, 2.75) is 53.7 Å². The number of nitrogens with one attached hydrogen (secondary N) is 1. The van der Waals surface area contributed by atoms with E-state index in [2.05, 4.69) is 45.1 Å². The van der Waals surface area contributed by atoms with Crippen LogP contribution in [0.25, 0.3) is 0 Å². The second-order valence-electron chi connectivity index (χ2n) is 5.68. The summed E-state index contributed by atoms with van der Waals surface area (Å²) in [5.41, 5.74) is 5.45. The van der Waals surface area contributed by atoms with E-state index in [4.69, 9.17) is 0 Å². The van der Waals surface area contributed by atoms with Gasteiger partial charge in [-0.3, -0.25) is 0 Å². The molecule has 102 valence electrons. The van der Waals surface area contributed by atoms with Gasteiger partial charge in [0.2, 0.25) is 0 Å². The molecule has 0 saturated carbocycles. The molecule has 2 nitrogen and oxygen atoms in total. The van der Waals surface area contributed by atoms with Crippen molar-refractivity contribution < 1.29 is 5.11 Å². The highest BCUT2D eigenvalue weighted by molar-refractivity contribution is 5.36. The maximum Gasteiger partial charge on any atom is 0.0515 e. The summed E-state index contributed by atoms with van der Waals surface area (Å²) in [6.07, 6.45) is 0.656. The fraction of sp³-hybridized carbons (Fsp3) is 0.625. The first-order valence-electron chi connectivity index (χ1n) is 6.85. The van der Waals surface area contributed by atoms with E-state index in [0.29, 0.717) is 5.92 Å². The molecule has 0 aliphatic rings. The van der Waals surface area contributed by atoms with Gasteiger partial charge >= 0.3 is 0 Å². The van der Waals surface area contributed by atoms with Gasteiger partial charge in [-0.05, 0) is 68.8 Å². The normalized spacial score (nSPS) is 14.6. The fourth-order valence-electron chi connectivity index (χ4n) is 2.33. The second kappa shape index (κ2) is 6.91. The zero-order valence-electron chi connectivity index (χ0n) is 12.4. The highest BCUT2D eigenvalue weighted by atomic mass is 16.3. The third-order valence-electron chi connectivity index (χ3n) is 3.50. The average Bonchev–Trinajstić information content (AvgIpc) is 2.24. The monoisotopic (exact) mass is 249 g/mol. The fourth-order valence-corrected chi connectivity index (χ4v) is 2.33. The quantitative estimate of drug-likeness (QED) is 0.812. The highest BCUT2D eigenvalue weighted by Gasteiger charge is 2.06. The van der Waals surface area contributed by atoms with Gasteiger partial charge in [0.1, 0.15) is 0 Å². The zero-order chi connectivity index (χ0) is 13.7. The molecule has 0 bridgehead atoms. The average molecular weight is 249 g/mol. The second-order valence-corrected chi connectivity index (χ2v) is 5.68. The van der Waals surface area contributed by atoms with Gasteiger partial charge in [-0.1, -0.05) is 19.1 Å². The minimum atomic E-state index is -0.204. The van der Waals surface area contributed by atoms with E-state index >= 15 is 0 Å². The Hall–Kier alpha value is -0.860. The lowest BCUT2D eigenvalue weighted by atomic mass is 10.0. The molecule has 2 heteroatoms. The van der Waals surface area contributed by atoms with Gasteiger partial charge in [-0.15, -0.1) is 0 Å². The van der Waals surface area contributed by atoms with Crippen LogP contribution in [-0.2, 0) is 6.54 Å².